The van der Waals surface area contributed by atoms with Crippen molar-refractivity contribution in [3.05, 3.63) is 22.3 Å². The number of carbonyl (C=O) groups is 4. The van der Waals surface area contributed by atoms with E-state index in [1.807, 2.05) is 19.0 Å². The van der Waals surface area contributed by atoms with Crippen LogP contribution in [0.2, 0.25) is 0 Å². The van der Waals surface area contributed by atoms with Gasteiger partial charge in [0.25, 0.3) is 5.91 Å². The quantitative estimate of drug-likeness (QED) is 0.225. The molecule has 1 heterocycles. The van der Waals surface area contributed by atoms with Gasteiger partial charge in [-0.1, -0.05) is 0 Å². The summed E-state index contributed by atoms with van der Waals surface area (Å²) < 4.78 is 0. The lowest BCUT2D eigenvalue weighted by atomic mass is 10.1. The van der Waals surface area contributed by atoms with Crippen LogP contribution >= 0.6 is 11.3 Å². The predicted molar refractivity (Wildman–Crippen MR) is 129 cm³/mol. The Labute approximate surface area is 199 Å². The van der Waals surface area contributed by atoms with Crippen molar-refractivity contribution >= 4 is 40.9 Å². The maximum Gasteiger partial charge on any atom is 0.268 e. The summed E-state index contributed by atoms with van der Waals surface area (Å²) in [5.74, 6) is 1.18. The second kappa shape index (κ2) is 15.7. The van der Waals surface area contributed by atoms with Crippen LogP contribution in [0.1, 0.15) is 44.2 Å². The van der Waals surface area contributed by atoms with E-state index in [4.69, 9.17) is 6.42 Å². The fourth-order valence-electron chi connectivity index (χ4n) is 2.61. The van der Waals surface area contributed by atoms with Gasteiger partial charge in [0.05, 0.1) is 17.7 Å². The fraction of sp³-hybridized carbons (Fsp3) is 0.522. The maximum absolute atomic E-state index is 12.6. The molecule has 33 heavy (non-hydrogen) atoms. The minimum atomic E-state index is -0.595. The third-order valence-corrected chi connectivity index (χ3v) is 5.21. The van der Waals surface area contributed by atoms with Gasteiger partial charge in [-0.05, 0) is 33.0 Å². The minimum absolute atomic E-state index is 0.0253. The zero-order valence-corrected chi connectivity index (χ0v) is 20.4. The Balaban J connectivity index is 2.62. The van der Waals surface area contributed by atoms with Gasteiger partial charge >= 0.3 is 0 Å². The number of carbonyl (C=O) groups excluding carboxylic acids is 4. The van der Waals surface area contributed by atoms with Gasteiger partial charge in [-0.2, -0.15) is 0 Å². The number of likely N-dealkylation sites (N-methyl/N-ethyl adjacent to an activating group) is 2. The molecule has 0 aliphatic rings. The zero-order chi connectivity index (χ0) is 24.6. The summed E-state index contributed by atoms with van der Waals surface area (Å²) in [5.41, 5.74) is 2.08. The molecule has 0 aromatic carbocycles. The molecule has 0 saturated carbocycles. The lowest BCUT2D eigenvalue weighted by molar-refractivity contribution is -0.132. The molecule has 0 aliphatic carbocycles. The molecular formula is C23H33N5O4S. The highest BCUT2D eigenvalue weighted by atomic mass is 32.1. The van der Waals surface area contributed by atoms with Crippen molar-refractivity contribution < 1.29 is 19.2 Å². The average molecular weight is 476 g/mol. The molecule has 0 aliphatic heterocycles. The first-order chi connectivity index (χ1) is 15.7. The van der Waals surface area contributed by atoms with Crippen molar-refractivity contribution in [3.63, 3.8) is 0 Å². The first-order valence-corrected chi connectivity index (χ1v) is 11.7. The van der Waals surface area contributed by atoms with Crippen molar-refractivity contribution in [1.29, 1.82) is 0 Å². The molecule has 9 nitrogen and oxygen atoms in total. The first-order valence-electron chi connectivity index (χ1n) is 10.7. The molecule has 0 saturated heterocycles. The van der Waals surface area contributed by atoms with Crippen molar-refractivity contribution in [2.75, 3.05) is 40.8 Å². The number of nitrogens with one attached hydrogen (secondary N) is 2. The van der Waals surface area contributed by atoms with Gasteiger partial charge in [0.1, 0.15) is 5.70 Å². The lowest BCUT2D eigenvalue weighted by Gasteiger charge is -2.19. The van der Waals surface area contributed by atoms with E-state index in [9.17, 15) is 19.2 Å². The fourth-order valence-corrected chi connectivity index (χ4v) is 3.12. The molecule has 180 valence electrons. The zero-order valence-electron chi connectivity index (χ0n) is 19.6. The highest BCUT2D eigenvalue weighted by molar-refractivity contribution is 7.07. The van der Waals surface area contributed by atoms with Crippen LogP contribution in [-0.4, -0.2) is 79.1 Å². The van der Waals surface area contributed by atoms with Crippen LogP contribution in [-0.2, 0) is 19.2 Å². The van der Waals surface area contributed by atoms with Gasteiger partial charge in [0, 0.05) is 51.2 Å². The molecule has 0 spiro atoms. The van der Waals surface area contributed by atoms with E-state index in [-0.39, 0.29) is 36.8 Å². The number of ketones is 1. The van der Waals surface area contributed by atoms with Crippen LogP contribution in [0.3, 0.4) is 0 Å². The monoisotopic (exact) mass is 475 g/mol. The normalized spacial score (nSPS) is 11.1. The van der Waals surface area contributed by atoms with Crippen molar-refractivity contribution in [3.8, 4) is 12.3 Å². The number of terminal acetylenes is 1. The van der Waals surface area contributed by atoms with Crippen LogP contribution < -0.4 is 10.6 Å². The summed E-state index contributed by atoms with van der Waals surface area (Å²) in [6.45, 7) is 1.13. The van der Waals surface area contributed by atoms with E-state index in [1.165, 1.54) is 17.4 Å². The van der Waals surface area contributed by atoms with Crippen molar-refractivity contribution in [2.24, 2.45) is 0 Å². The van der Waals surface area contributed by atoms with Crippen molar-refractivity contribution in [1.82, 2.24) is 25.4 Å². The smallest absolute Gasteiger partial charge is 0.268 e. The Morgan fingerprint density at radius 2 is 1.88 bits per heavy atom. The van der Waals surface area contributed by atoms with Crippen LogP contribution in [0.15, 0.2) is 16.6 Å². The molecule has 10 heteroatoms. The largest absolute Gasteiger partial charge is 0.344 e. The number of hydrogen-bond acceptors (Lipinski definition) is 7. The first kappa shape index (κ1) is 28.0. The third kappa shape index (κ3) is 12.6. The molecule has 0 radical (unpaired) electrons. The van der Waals surface area contributed by atoms with E-state index in [0.29, 0.717) is 31.5 Å². The summed E-state index contributed by atoms with van der Waals surface area (Å²) in [5, 5.41) is 6.80. The Bertz CT molecular complexity index is 859. The molecule has 0 atom stereocenters. The summed E-state index contributed by atoms with van der Waals surface area (Å²) in [7, 11) is 5.52. The predicted octanol–water partition coefficient (Wildman–Crippen LogP) is 1.28. The number of amides is 3. The van der Waals surface area contributed by atoms with Gasteiger partial charge in [-0.25, -0.2) is 4.98 Å². The van der Waals surface area contributed by atoms with Crippen LogP contribution in [0.25, 0.3) is 6.08 Å². The summed E-state index contributed by atoms with van der Waals surface area (Å²) in [4.78, 5) is 56.8. The van der Waals surface area contributed by atoms with Gasteiger partial charge in [0.2, 0.25) is 11.8 Å². The summed E-state index contributed by atoms with van der Waals surface area (Å²) in [6.07, 6.45) is 8.93. The van der Waals surface area contributed by atoms with Crippen LogP contribution in [0.4, 0.5) is 0 Å². The van der Waals surface area contributed by atoms with E-state index < -0.39 is 11.8 Å². The highest BCUT2D eigenvalue weighted by Crippen LogP contribution is 2.07. The highest BCUT2D eigenvalue weighted by Gasteiger charge is 2.17. The van der Waals surface area contributed by atoms with E-state index in [1.54, 1.807) is 22.8 Å². The van der Waals surface area contributed by atoms with Crippen molar-refractivity contribution in [2.45, 2.75) is 38.5 Å². The van der Waals surface area contributed by atoms with Crippen LogP contribution in [0, 0.1) is 12.3 Å². The second-order valence-electron chi connectivity index (χ2n) is 7.77. The van der Waals surface area contributed by atoms with Gasteiger partial charge in [-0.3, -0.25) is 19.2 Å². The van der Waals surface area contributed by atoms with Gasteiger partial charge in [-0.15, -0.1) is 23.7 Å². The molecule has 0 bridgehead atoms. The Hall–Kier alpha value is -3.03. The number of rotatable bonds is 15. The van der Waals surface area contributed by atoms with E-state index in [2.05, 4.69) is 21.5 Å². The van der Waals surface area contributed by atoms with E-state index >= 15 is 0 Å². The third-order valence-electron chi connectivity index (χ3n) is 4.61. The number of nitrogens with zero attached hydrogens (tertiary/aromatic N) is 3. The minimum Gasteiger partial charge on any atom is -0.344 e. The molecule has 0 fully saturated rings. The van der Waals surface area contributed by atoms with Gasteiger partial charge < -0.3 is 20.4 Å². The number of Topliss-reactive ketones (excluding diaryl/α,β-unsaturated/α-hetero) is 1. The number of unbranched alkanes of at least 4 members (excludes halogenated alkanes) is 2. The SMILES string of the molecule is C#CCCCCC(=O)CNC(=O)/C(=C\c1cscn1)NC(=O)CCC(=O)N(C)CCN(C)C. The molecule has 3 amide bonds. The Kier molecular flexibility index (Phi) is 13.3. The Morgan fingerprint density at radius 3 is 2.52 bits per heavy atom. The van der Waals surface area contributed by atoms with Gasteiger partial charge in [0.15, 0.2) is 5.78 Å². The average Bonchev–Trinajstić information content (AvgIpc) is 3.29. The van der Waals surface area contributed by atoms with Crippen LogP contribution in [0.5, 0.6) is 0 Å². The summed E-state index contributed by atoms with van der Waals surface area (Å²) in [6, 6.07) is 0. The summed E-state index contributed by atoms with van der Waals surface area (Å²) >= 11 is 1.35. The molecular weight excluding hydrogens is 442 g/mol. The Morgan fingerprint density at radius 1 is 1.12 bits per heavy atom. The molecule has 0 unspecified atom stereocenters. The van der Waals surface area contributed by atoms with E-state index in [0.717, 1.165) is 13.0 Å². The molecule has 1 aromatic heterocycles. The molecule has 2 N–H and O–H groups in total. The topological polar surface area (TPSA) is 112 Å². The second-order valence-corrected chi connectivity index (χ2v) is 8.49. The lowest BCUT2D eigenvalue weighted by Crippen LogP contribution is -2.38. The number of thiazole rings is 1. The maximum atomic E-state index is 12.6. The molecule has 1 aromatic rings. The number of hydrogen-bond donors (Lipinski definition) is 2. The standard InChI is InChI=1S/C23H33N5O4S/c1-5-6-7-8-9-19(29)15-24-23(32)20(14-18-16-33-17-25-18)26-21(30)10-11-22(31)28(4)13-12-27(2)3/h1,14,16-17H,6-13,15H2,2-4H3,(H,24,32)(H,26,30)/b20-14+. The number of aromatic nitrogens is 1. The molecule has 1 rings (SSSR count).